The summed E-state index contributed by atoms with van der Waals surface area (Å²) in [6, 6.07) is -0.523. The number of Topliss-reactive ketones (excluding diaryl/α,β-unsaturated/α-hetero) is 1. The van der Waals surface area contributed by atoms with Crippen LogP contribution in [0.4, 0.5) is 0 Å². The van der Waals surface area contributed by atoms with Crippen LogP contribution in [-0.4, -0.2) is 16.7 Å². The lowest BCUT2D eigenvalue weighted by Gasteiger charge is -2.07. The Morgan fingerprint density at radius 3 is 2.43 bits per heavy atom. The molecular weight excluding hydrogens is 182 g/mol. The van der Waals surface area contributed by atoms with Crippen LogP contribution >= 0.6 is 0 Å². The van der Waals surface area contributed by atoms with Crippen molar-refractivity contribution < 1.29 is 9.72 Å². The molecule has 14 heavy (non-hydrogen) atoms. The Kier molecular flexibility index (Phi) is 6.98. The van der Waals surface area contributed by atoms with Crippen LogP contribution in [0.5, 0.6) is 0 Å². The van der Waals surface area contributed by atoms with E-state index in [4.69, 9.17) is 0 Å². The van der Waals surface area contributed by atoms with E-state index in [0.29, 0.717) is 25.7 Å². The fraction of sp³-hybridized carbons (Fsp3) is 0.900. The van der Waals surface area contributed by atoms with Gasteiger partial charge in [0.2, 0.25) is 6.04 Å². The molecule has 1 unspecified atom stereocenters. The highest BCUT2D eigenvalue weighted by atomic mass is 16.6. The Labute approximate surface area is 84.8 Å². The standard InChI is InChI=1S/C10H19NO3/c1-3-5-6-9(11(13)14)7-8-10(12)4-2/h9H,3-8H2,1-2H3. The zero-order chi connectivity index (χ0) is 11.0. The number of hydrogen-bond donors (Lipinski definition) is 0. The zero-order valence-electron chi connectivity index (χ0n) is 8.99. The van der Waals surface area contributed by atoms with Crippen LogP contribution in [0, 0.1) is 10.1 Å². The first kappa shape index (κ1) is 13.1. The lowest BCUT2D eigenvalue weighted by molar-refractivity contribution is -0.524. The Balaban J connectivity index is 3.84. The predicted octanol–water partition coefficient (Wildman–Crippen LogP) is 2.58. The second kappa shape index (κ2) is 7.47. The van der Waals surface area contributed by atoms with E-state index in [2.05, 4.69) is 0 Å². The number of carbonyl (C=O) groups is 1. The molecule has 0 N–H and O–H groups in total. The Hall–Kier alpha value is -0.930. The average Bonchev–Trinajstić information content (AvgIpc) is 2.16. The van der Waals surface area contributed by atoms with Gasteiger partial charge in [0.25, 0.3) is 0 Å². The molecule has 0 saturated heterocycles. The van der Waals surface area contributed by atoms with E-state index >= 15 is 0 Å². The molecule has 0 aromatic rings. The van der Waals surface area contributed by atoms with E-state index in [1.54, 1.807) is 6.92 Å². The van der Waals surface area contributed by atoms with Crippen LogP contribution < -0.4 is 0 Å². The molecule has 1 atom stereocenters. The highest BCUT2D eigenvalue weighted by molar-refractivity contribution is 5.77. The first-order valence-corrected chi connectivity index (χ1v) is 5.27. The summed E-state index contributed by atoms with van der Waals surface area (Å²) in [4.78, 5) is 21.3. The monoisotopic (exact) mass is 201 g/mol. The lowest BCUT2D eigenvalue weighted by Crippen LogP contribution is -2.20. The highest BCUT2D eigenvalue weighted by Gasteiger charge is 2.19. The van der Waals surface area contributed by atoms with E-state index in [1.165, 1.54) is 0 Å². The maximum absolute atomic E-state index is 11.0. The first-order chi connectivity index (χ1) is 6.61. The fourth-order valence-corrected chi connectivity index (χ4v) is 1.30. The average molecular weight is 201 g/mol. The summed E-state index contributed by atoms with van der Waals surface area (Å²) < 4.78 is 0. The zero-order valence-corrected chi connectivity index (χ0v) is 8.99. The van der Waals surface area contributed by atoms with Crippen LogP contribution in [0.2, 0.25) is 0 Å². The predicted molar refractivity (Wildman–Crippen MR) is 54.8 cm³/mol. The van der Waals surface area contributed by atoms with Gasteiger partial charge in [0, 0.05) is 30.6 Å². The molecule has 0 saturated carbocycles. The molecule has 4 heteroatoms. The van der Waals surface area contributed by atoms with Crippen LogP contribution in [0.15, 0.2) is 0 Å². The minimum Gasteiger partial charge on any atom is -0.300 e. The molecule has 0 aliphatic rings. The van der Waals surface area contributed by atoms with E-state index in [9.17, 15) is 14.9 Å². The minimum absolute atomic E-state index is 0.119. The molecule has 82 valence electrons. The number of unbranched alkanes of at least 4 members (excludes halogenated alkanes) is 1. The summed E-state index contributed by atoms with van der Waals surface area (Å²) in [5.74, 6) is 0.119. The third-order valence-corrected chi connectivity index (χ3v) is 2.34. The highest BCUT2D eigenvalue weighted by Crippen LogP contribution is 2.11. The van der Waals surface area contributed by atoms with Crippen molar-refractivity contribution in [3.8, 4) is 0 Å². The molecule has 0 aromatic heterocycles. The number of carbonyl (C=O) groups excluding carboxylic acids is 1. The van der Waals surface area contributed by atoms with Crippen molar-refractivity contribution in [3.05, 3.63) is 10.1 Å². The maximum Gasteiger partial charge on any atom is 0.213 e. The topological polar surface area (TPSA) is 60.2 Å². The quantitative estimate of drug-likeness (QED) is 0.448. The van der Waals surface area contributed by atoms with Crippen molar-refractivity contribution in [2.75, 3.05) is 0 Å². The second-order valence-electron chi connectivity index (χ2n) is 3.51. The molecule has 0 aromatic carbocycles. The van der Waals surface area contributed by atoms with Crippen molar-refractivity contribution in [1.82, 2.24) is 0 Å². The summed E-state index contributed by atoms with van der Waals surface area (Å²) in [5.41, 5.74) is 0. The van der Waals surface area contributed by atoms with E-state index in [-0.39, 0.29) is 10.7 Å². The number of nitrogens with zero attached hydrogens (tertiary/aromatic N) is 1. The molecule has 0 radical (unpaired) electrons. The fourth-order valence-electron chi connectivity index (χ4n) is 1.30. The van der Waals surface area contributed by atoms with Crippen molar-refractivity contribution >= 4 is 5.78 Å². The van der Waals surface area contributed by atoms with Crippen molar-refractivity contribution in [2.24, 2.45) is 0 Å². The second-order valence-corrected chi connectivity index (χ2v) is 3.51. The van der Waals surface area contributed by atoms with Crippen molar-refractivity contribution in [2.45, 2.75) is 58.4 Å². The smallest absolute Gasteiger partial charge is 0.213 e. The van der Waals surface area contributed by atoms with Gasteiger partial charge in [-0.1, -0.05) is 20.3 Å². The molecule has 0 aliphatic heterocycles. The Morgan fingerprint density at radius 2 is 2.00 bits per heavy atom. The van der Waals surface area contributed by atoms with Crippen molar-refractivity contribution in [3.63, 3.8) is 0 Å². The van der Waals surface area contributed by atoms with Gasteiger partial charge >= 0.3 is 0 Å². The molecule has 0 bridgehead atoms. The minimum atomic E-state index is -0.523. The summed E-state index contributed by atoms with van der Waals surface area (Å²) in [6.07, 6.45) is 3.67. The van der Waals surface area contributed by atoms with Crippen molar-refractivity contribution in [1.29, 1.82) is 0 Å². The van der Waals surface area contributed by atoms with Gasteiger partial charge in [-0.15, -0.1) is 0 Å². The SMILES string of the molecule is CCCCC(CCC(=O)CC)[N+](=O)[O-]. The van der Waals surface area contributed by atoms with Gasteiger partial charge in [-0.3, -0.25) is 14.9 Å². The van der Waals surface area contributed by atoms with Gasteiger partial charge < -0.3 is 0 Å². The summed E-state index contributed by atoms with van der Waals surface area (Å²) in [7, 11) is 0. The van der Waals surface area contributed by atoms with E-state index in [1.807, 2.05) is 6.92 Å². The molecule has 0 heterocycles. The number of hydrogen-bond acceptors (Lipinski definition) is 3. The number of ketones is 1. The largest absolute Gasteiger partial charge is 0.300 e. The van der Waals surface area contributed by atoms with E-state index < -0.39 is 6.04 Å². The van der Waals surface area contributed by atoms with Crippen LogP contribution in [-0.2, 0) is 4.79 Å². The van der Waals surface area contributed by atoms with Gasteiger partial charge in [-0.25, -0.2) is 0 Å². The summed E-state index contributed by atoms with van der Waals surface area (Å²) in [5, 5.41) is 10.6. The Bertz CT molecular complexity index is 192. The molecule has 0 fully saturated rings. The third-order valence-electron chi connectivity index (χ3n) is 2.34. The molecule has 0 amide bonds. The number of nitro groups is 1. The molecule has 0 rings (SSSR count). The Morgan fingerprint density at radius 1 is 1.36 bits per heavy atom. The van der Waals surface area contributed by atoms with Gasteiger partial charge in [0.1, 0.15) is 5.78 Å². The number of rotatable bonds is 8. The van der Waals surface area contributed by atoms with Gasteiger partial charge in [0.05, 0.1) is 0 Å². The van der Waals surface area contributed by atoms with Crippen LogP contribution in [0.1, 0.15) is 52.4 Å². The van der Waals surface area contributed by atoms with Gasteiger partial charge in [0.15, 0.2) is 0 Å². The first-order valence-electron chi connectivity index (χ1n) is 5.27. The third kappa shape index (κ3) is 5.67. The molecular formula is C10H19NO3. The summed E-state index contributed by atoms with van der Waals surface area (Å²) in [6.45, 7) is 3.80. The van der Waals surface area contributed by atoms with Gasteiger partial charge in [-0.05, 0) is 6.42 Å². The summed E-state index contributed by atoms with van der Waals surface area (Å²) >= 11 is 0. The van der Waals surface area contributed by atoms with Gasteiger partial charge in [-0.2, -0.15) is 0 Å². The van der Waals surface area contributed by atoms with Crippen LogP contribution in [0.3, 0.4) is 0 Å². The van der Waals surface area contributed by atoms with E-state index in [0.717, 1.165) is 12.8 Å². The molecule has 0 spiro atoms. The lowest BCUT2D eigenvalue weighted by atomic mass is 10.0. The molecule has 0 aliphatic carbocycles. The maximum atomic E-state index is 11.0. The molecule has 4 nitrogen and oxygen atoms in total. The normalized spacial score (nSPS) is 12.4. The van der Waals surface area contributed by atoms with Crippen LogP contribution in [0.25, 0.3) is 0 Å².